The third-order valence-corrected chi connectivity index (χ3v) is 7.48. The number of nitrogens with zero attached hydrogens (tertiary/aromatic N) is 5. The predicted octanol–water partition coefficient (Wildman–Crippen LogP) is 4.57. The van der Waals surface area contributed by atoms with Gasteiger partial charge in [0.1, 0.15) is 22.8 Å². The molecule has 3 aliphatic rings. The summed E-state index contributed by atoms with van der Waals surface area (Å²) in [5, 5.41) is 11.6. The molecule has 1 spiro atoms. The molecule has 2 saturated carbocycles. The number of hydrogen-bond acceptors (Lipinski definition) is 7. The summed E-state index contributed by atoms with van der Waals surface area (Å²) in [4.78, 5) is 13.1. The second-order valence-corrected chi connectivity index (χ2v) is 9.55. The number of hydrogen-bond donors (Lipinski definition) is 2. The molecule has 0 radical (unpaired) electrons. The van der Waals surface area contributed by atoms with E-state index in [2.05, 4.69) is 25.6 Å². The second kappa shape index (κ2) is 9.44. The molecule has 2 N–H and O–H groups in total. The van der Waals surface area contributed by atoms with Crippen molar-refractivity contribution in [2.24, 2.45) is 5.41 Å². The van der Waals surface area contributed by atoms with E-state index in [0.29, 0.717) is 28.6 Å². The first-order valence-corrected chi connectivity index (χ1v) is 12.6. The maximum atomic E-state index is 14.8. The fraction of sp³-hybridized carbons (Fsp3) is 0.600. The molecule has 0 aromatic carbocycles. The molecule has 3 aromatic heterocycles. The highest BCUT2D eigenvalue weighted by atomic mass is 19.1. The monoisotopic (exact) mass is 467 g/mol. The minimum Gasteiger partial charge on any atom is -0.495 e. The van der Waals surface area contributed by atoms with Crippen LogP contribution < -0.4 is 15.4 Å². The Morgan fingerprint density at radius 3 is 2.68 bits per heavy atom. The average molecular weight is 468 g/mol. The number of methoxy groups -OCH3 is 1. The van der Waals surface area contributed by atoms with Gasteiger partial charge in [0.05, 0.1) is 19.5 Å². The fourth-order valence-electron chi connectivity index (χ4n) is 5.56. The van der Waals surface area contributed by atoms with Crippen LogP contribution in [-0.4, -0.2) is 50.8 Å². The van der Waals surface area contributed by atoms with Gasteiger partial charge in [0.2, 0.25) is 5.95 Å². The molecule has 1 aliphatic heterocycles. The molecule has 0 amide bonds. The Balaban J connectivity index is 0.00000117. The molecule has 3 fully saturated rings. The van der Waals surface area contributed by atoms with Crippen molar-refractivity contribution >= 4 is 11.6 Å². The highest BCUT2D eigenvalue weighted by Crippen LogP contribution is 2.62. The molecule has 1 atom stereocenters. The molecule has 9 heteroatoms. The summed E-state index contributed by atoms with van der Waals surface area (Å²) in [5.41, 5.74) is 2.79. The maximum Gasteiger partial charge on any atom is 0.223 e. The van der Waals surface area contributed by atoms with Crippen LogP contribution in [0.25, 0.3) is 17.0 Å². The lowest BCUT2D eigenvalue weighted by molar-refractivity contribution is 0.00648. The Hall–Kier alpha value is -2.81. The summed E-state index contributed by atoms with van der Waals surface area (Å²) in [6.07, 6.45) is 11.2. The molecule has 8 nitrogen and oxygen atoms in total. The Morgan fingerprint density at radius 2 is 2.00 bits per heavy atom. The first-order valence-electron chi connectivity index (χ1n) is 12.6. The quantitative estimate of drug-likeness (QED) is 0.568. The van der Waals surface area contributed by atoms with E-state index in [9.17, 15) is 4.39 Å². The number of imidazole rings is 1. The third-order valence-electron chi connectivity index (χ3n) is 7.48. The van der Waals surface area contributed by atoms with Crippen LogP contribution >= 0.6 is 0 Å². The molecule has 2 aliphatic carbocycles. The fourth-order valence-corrected chi connectivity index (χ4v) is 5.56. The summed E-state index contributed by atoms with van der Waals surface area (Å²) >= 11 is 0. The number of anilines is 1. The molecule has 0 unspecified atom stereocenters. The third kappa shape index (κ3) is 4.10. The Bertz CT molecular complexity index is 1150. The average Bonchev–Trinajstić information content (AvgIpc) is 3.22. The molecule has 0 bridgehead atoms. The second-order valence-electron chi connectivity index (χ2n) is 9.55. The molecule has 4 heterocycles. The lowest BCUT2D eigenvalue weighted by Gasteiger charge is -2.54. The van der Waals surface area contributed by atoms with Crippen molar-refractivity contribution in [3.05, 3.63) is 30.0 Å². The van der Waals surface area contributed by atoms with E-state index in [-0.39, 0.29) is 11.7 Å². The zero-order chi connectivity index (χ0) is 23.7. The van der Waals surface area contributed by atoms with E-state index in [0.717, 1.165) is 50.2 Å². The lowest BCUT2D eigenvalue weighted by Crippen LogP contribution is -2.41. The van der Waals surface area contributed by atoms with E-state index >= 15 is 0 Å². The molecule has 1 saturated heterocycles. The van der Waals surface area contributed by atoms with Crippen molar-refractivity contribution in [3.8, 4) is 17.1 Å². The van der Waals surface area contributed by atoms with Crippen LogP contribution in [0.5, 0.6) is 5.75 Å². The predicted molar refractivity (Wildman–Crippen MR) is 130 cm³/mol. The summed E-state index contributed by atoms with van der Waals surface area (Å²) < 4.78 is 22.2. The standard InChI is InChI=1S/C23H28FN7O.C2H6/c1-32-18-8-19-26-13-17(31(19)30-20(18)14-9-23(10-14)5-3-6-23)21-16(24)12-27-22(29-21)28-15-4-2-7-25-11-15;1-2/h8,12-15,25H,2-7,9-11H2,1H3,(H,27,28,29);1-2H3/t15-;/m1./s1. The van der Waals surface area contributed by atoms with E-state index in [1.165, 1.54) is 25.5 Å². The molecule has 182 valence electrons. The van der Waals surface area contributed by atoms with Crippen molar-refractivity contribution in [2.45, 2.75) is 70.8 Å². The minimum atomic E-state index is -0.490. The molecule has 34 heavy (non-hydrogen) atoms. The highest BCUT2D eigenvalue weighted by molar-refractivity contribution is 5.62. The summed E-state index contributed by atoms with van der Waals surface area (Å²) in [7, 11) is 1.67. The van der Waals surface area contributed by atoms with Gasteiger partial charge in [-0.3, -0.25) is 0 Å². The van der Waals surface area contributed by atoms with Crippen molar-refractivity contribution in [1.29, 1.82) is 0 Å². The van der Waals surface area contributed by atoms with Gasteiger partial charge in [-0.15, -0.1) is 0 Å². The van der Waals surface area contributed by atoms with Gasteiger partial charge in [-0.05, 0) is 50.5 Å². The van der Waals surface area contributed by atoms with Crippen LogP contribution in [0, 0.1) is 11.2 Å². The van der Waals surface area contributed by atoms with Gasteiger partial charge >= 0.3 is 0 Å². The summed E-state index contributed by atoms with van der Waals surface area (Å²) in [6, 6.07) is 2.12. The number of ether oxygens (including phenoxy) is 1. The normalized spacial score (nSPS) is 21.4. The van der Waals surface area contributed by atoms with Crippen LogP contribution in [0.1, 0.15) is 70.4 Å². The van der Waals surface area contributed by atoms with Crippen LogP contribution in [0.2, 0.25) is 0 Å². The maximum absolute atomic E-state index is 14.8. The topological polar surface area (TPSA) is 89.3 Å². The van der Waals surface area contributed by atoms with Crippen molar-refractivity contribution in [2.75, 3.05) is 25.5 Å². The van der Waals surface area contributed by atoms with Crippen LogP contribution in [0.3, 0.4) is 0 Å². The zero-order valence-electron chi connectivity index (χ0n) is 20.3. The van der Waals surface area contributed by atoms with Gasteiger partial charge in [0.25, 0.3) is 0 Å². The SMILES string of the molecule is CC.COc1cc2ncc(-c3nc(N[C@@H]4CCCNC4)ncc3F)n2nc1C1CC2(CCC2)C1. The van der Waals surface area contributed by atoms with Gasteiger partial charge in [0, 0.05) is 24.6 Å². The van der Waals surface area contributed by atoms with Gasteiger partial charge < -0.3 is 15.4 Å². The minimum absolute atomic E-state index is 0.200. The van der Waals surface area contributed by atoms with Gasteiger partial charge in [-0.1, -0.05) is 20.3 Å². The number of halogens is 1. The van der Waals surface area contributed by atoms with Crippen molar-refractivity contribution in [1.82, 2.24) is 29.9 Å². The Labute approximate surface area is 199 Å². The first-order chi connectivity index (χ1) is 16.6. The zero-order valence-corrected chi connectivity index (χ0v) is 20.3. The highest BCUT2D eigenvalue weighted by Gasteiger charge is 2.49. The van der Waals surface area contributed by atoms with Gasteiger partial charge in [0.15, 0.2) is 11.5 Å². The largest absolute Gasteiger partial charge is 0.495 e. The van der Waals surface area contributed by atoms with Crippen molar-refractivity contribution in [3.63, 3.8) is 0 Å². The molecule has 3 aromatic rings. The summed E-state index contributed by atoms with van der Waals surface area (Å²) in [6.45, 7) is 5.87. The van der Waals surface area contributed by atoms with Gasteiger partial charge in [-0.2, -0.15) is 5.10 Å². The number of piperidine rings is 1. The van der Waals surface area contributed by atoms with E-state index in [1.54, 1.807) is 17.8 Å². The van der Waals surface area contributed by atoms with Gasteiger partial charge in [-0.25, -0.2) is 23.9 Å². The molecule has 6 rings (SSSR count). The Kier molecular flexibility index (Phi) is 6.38. The van der Waals surface area contributed by atoms with E-state index in [4.69, 9.17) is 9.84 Å². The summed E-state index contributed by atoms with van der Waals surface area (Å²) in [5.74, 6) is 1.06. The molecular formula is C25H34FN7O. The van der Waals surface area contributed by atoms with Crippen molar-refractivity contribution < 1.29 is 9.13 Å². The molecular weight excluding hydrogens is 433 g/mol. The van der Waals surface area contributed by atoms with Crippen LogP contribution in [0.15, 0.2) is 18.5 Å². The number of aromatic nitrogens is 5. The van der Waals surface area contributed by atoms with E-state index in [1.807, 2.05) is 19.9 Å². The smallest absolute Gasteiger partial charge is 0.223 e. The van der Waals surface area contributed by atoms with E-state index < -0.39 is 5.82 Å². The number of fused-ring (bicyclic) bond motifs is 1. The number of rotatable bonds is 5. The Morgan fingerprint density at radius 1 is 1.18 bits per heavy atom. The lowest BCUT2D eigenvalue weighted by atomic mass is 9.51. The van der Waals surface area contributed by atoms with Crippen LogP contribution in [-0.2, 0) is 0 Å². The van der Waals surface area contributed by atoms with Crippen LogP contribution in [0.4, 0.5) is 10.3 Å². The first kappa shape index (κ1) is 23.0. The number of nitrogens with one attached hydrogen (secondary N) is 2.